The summed E-state index contributed by atoms with van der Waals surface area (Å²) in [5.41, 5.74) is 0. The van der Waals surface area contributed by atoms with Crippen LogP contribution in [0.1, 0.15) is 25.7 Å². The van der Waals surface area contributed by atoms with Gasteiger partial charge in [-0.05, 0) is 63.0 Å². The van der Waals surface area contributed by atoms with Gasteiger partial charge in [-0.25, -0.2) is 0 Å². The van der Waals surface area contributed by atoms with Crippen molar-refractivity contribution in [1.82, 2.24) is 9.80 Å². The summed E-state index contributed by atoms with van der Waals surface area (Å²) >= 11 is 0. The van der Waals surface area contributed by atoms with Crippen LogP contribution >= 0.6 is 0 Å². The van der Waals surface area contributed by atoms with E-state index in [1.807, 2.05) is 29.2 Å². The van der Waals surface area contributed by atoms with E-state index in [9.17, 15) is 4.79 Å². The number of piperidine rings is 1. The standard InChI is InChI=1S/C18H26N2O3/c1-22-16-4-6-17(7-5-16)23-14-18(21)20-12-8-15(9-13-20)19-10-2-3-11-19/h4-7,15H,2-3,8-14H2,1H3. The van der Waals surface area contributed by atoms with Crippen LogP contribution in [-0.2, 0) is 4.79 Å². The molecule has 0 aromatic heterocycles. The van der Waals surface area contributed by atoms with Gasteiger partial charge in [-0.1, -0.05) is 0 Å². The van der Waals surface area contributed by atoms with Crippen molar-refractivity contribution >= 4 is 5.91 Å². The first kappa shape index (κ1) is 16.1. The first-order chi connectivity index (χ1) is 11.3. The highest BCUT2D eigenvalue weighted by atomic mass is 16.5. The highest BCUT2D eigenvalue weighted by molar-refractivity contribution is 5.77. The third-order valence-electron chi connectivity index (χ3n) is 4.90. The van der Waals surface area contributed by atoms with Crippen LogP contribution in [0.5, 0.6) is 11.5 Å². The first-order valence-corrected chi connectivity index (χ1v) is 8.55. The largest absolute Gasteiger partial charge is 0.497 e. The molecular formula is C18H26N2O3. The fourth-order valence-corrected chi connectivity index (χ4v) is 3.50. The second-order valence-corrected chi connectivity index (χ2v) is 6.32. The van der Waals surface area contributed by atoms with Crippen LogP contribution in [-0.4, -0.2) is 61.6 Å². The monoisotopic (exact) mass is 318 g/mol. The number of hydrogen-bond donors (Lipinski definition) is 0. The van der Waals surface area contributed by atoms with Crippen molar-refractivity contribution in [3.05, 3.63) is 24.3 Å². The molecule has 2 aliphatic rings. The molecule has 0 bridgehead atoms. The molecule has 3 rings (SSSR count). The third-order valence-corrected chi connectivity index (χ3v) is 4.90. The fraction of sp³-hybridized carbons (Fsp3) is 0.611. The van der Waals surface area contributed by atoms with Gasteiger partial charge >= 0.3 is 0 Å². The van der Waals surface area contributed by atoms with Gasteiger partial charge < -0.3 is 19.3 Å². The van der Waals surface area contributed by atoms with E-state index < -0.39 is 0 Å². The van der Waals surface area contributed by atoms with Crippen LogP contribution in [0.3, 0.4) is 0 Å². The molecule has 5 nitrogen and oxygen atoms in total. The molecule has 5 heteroatoms. The van der Waals surface area contributed by atoms with Crippen LogP contribution in [0.15, 0.2) is 24.3 Å². The number of hydrogen-bond acceptors (Lipinski definition) is 4. The van der Waals surface area contributed by atoms with Crippen LogP contribution in [0.25, 0.3) is 0 Å². The van der Waals surface area contributed by atoms with Gasteiger partial charge in [0.1, 0.15) is 11.5 Å². The Morgan fingerprint density at radius 2 is 1.65 bits per heavy atom. The van der Waals surface area contributed by atoms with E-state index >= 15 is 0 Å². The van der Waals surface area contributed by atoms with Crippen molar-refractivity contribution in [2.24, 2.45) is 0 Å². The van der Waals surface area contributed by atoms with Crippen LogP contribution in [0.4, 0.5) is 0 Å². The van der Waals surface area contributed by atoms with Crippen molar-refractivity contribution in [2.45, 2.75) is 31.7 Å². The van der Waals surface area contributed by atoms with E-state index in [0.29, 0.717) is 11.8 Å². The second-order valence-electron chi connectivity index (χ2n) is 6.32. The zero-order valence-corrected chi connectivity index (χ0v) is 13.9. The topological polar surface area (TPSA) is 42.0 Å². The molecule has 0 spiro atoms. The normalized spacial score (nSPS) is 19.8. The molecule has 2 aliphatic heterocycles. The molecule has 1 aromatic carbocycles. The van der Waals surface area contributed by atoms with Crippen molar-refractivity contribution in [1.29, 1.82) is 0 Å². The van der Waals surface area contributed by atoms with Gasteiger partial charge in [0.2, 0.25) is 0 Å². The number of nitrogens with zero attached hydrogens (tertiary/aromatic N) is 2. The van der Waals surface area contributed by atoms with Crippen LogP contribution in [0, 0.1) is 0 Å². The summed E-state index contributed by atoms with van der Waals surface area (Å²) < 4.78 is 10.7. The van der Waals surface area contributed by atoms with E-state index in [4.69, 9.17) is 9.47 Å². The van der Waals surface area contributed by atoms with Gasteiger partial charge in [-0.3, -0.25) is 4.79 Å². The van der Waals surface area contributed by atoms with Crippen molar-refractivity contribution in [3.63, 3.8) is 0 Å². The molecule has 0 unspecified atom stereocenters. The lowest BCUT2D eigenvalue weighted by molar-refractivity contribution is -0.134. The lowest BCUT2D eigenvalue weighted by Crippen LogP contribution is -2.47. The van der Waals surface area contributed by atoms with Gasteiger partial charge in [0.05, 0.1) is 7.11 Å². The number of carbonyl (C=O) groups is 1. The molecule has 2 saturated heterocycles. The number of likely N-dealkylation sites (tertiary alicyclic amines) is 2. The van der Waals surface area contributed by atoms with E-state index in [2.05, 4.69) is 4.90 Å². The second kappa shape index (κ2) is 7.68. The van der Waals surface area contributed by atoms with Crippen LogP contribution in [0.2, 0.25) is 0 Å². The third kappa shape index (κ3) is 4.16. The minimum Gasteiger partial charge on any atom is -0.497 e. The molecular weight excluding hydrogens is 292 g/mol. The number of benzene rings is 1. The quantitative estimate of drug-likeness (QED) is 0.834. The number of methoxy groups -OCH3 is 1. The summed E-state index contributed by atoms with van der Waals surface area (Å²) in [6.07, 6.45) is 4.84. The highest BCUT2D eigenvalue weighted by Gasteiger charge is 2.28. The van der Waals surface area contributed by atoms with Gasteiger partial charge in [0.15, 0.2) is 6.61 Å². The van der Waals surface area contributed by atoms with Crippen molar-refractivity contribution in [2.75, 3.05) is 39.9 Å². The molecule has 1 amide bonds. The average molecular weight is 318 g/mol. The maximum atomic E-state index is 12.3. The van der Waals surface area contributed by atoms with Crippen molar-refractivity contribution in [3.8, 4) is 11.5 Å². The van der Waals surface area contributed by atoms with Gasteiger partial charge in [0.25, 0.3) is 5.91 Å². The lowest BCUT2D eigenvalue weighted by Gasteiger charge is -2.36. The number of ether oxygens (including phenoxy) is 2. The Bertz CT molecular complexity index is 504. The molecule has 1 aromatic rings. The molecule has 2 fully saturated rings. The summed E-state index contributed by atoms with van der Waals surface area (Å²) in [5.74, 6) is 1.57. The maximum absolute atomic E-state index is 12.3. The van der Waals surface area contributed by atoms with Crippen molar-refractivity contribution < 1.29 is 14.3 Å². The Morgan fingerprint density at radius 1 is 1.04 bits per heavy atom. The number of carbonyl (C=O) groups excluding carboxylic acids is 1. The molecule has 0 radical (unpaired) electrons. The molecule has 0 aliphatic carbocycles. The highest BCUT2D eigenvalue weighted by Crippen LogP contribution is 2.21. The zero-order chi connectivity index (χ0) is 16.1. The number of rotatable bonds is 5. The Balaban J connectivity index is 1.42. The molecule has 126 valence electrons. The fourth-order valence-electron chi connectivity index (χ4n) is 3.50. The van der Waals surface area contributed by atoms with Gasteiger partial charge in [0, 0.05) is 19.1 Å². The predicted octanol–water partition coefficient (Wildman–Crippen LogP) is 2.16. The molecule has 0 N–H and O–H groups in total. The molecule has 2 heterocycles. The minimum atomic E-state index is 0.0840. The summed E-state index contributed by atoms with van der Waals surface area (Å²) in [6.45, 7) is 4.29. The van der Waals surface area contributed by atoms with E-state index in [0.717, 1.165) is 31.7 Å². The SMILES string of the molecule is COc1ccc(OCC(=O)N2CCC(N3CCCC3)CC2)cc1. The predicted molar refractivity (Wildman–Crippen MR) is 88.9 cm³/mol. The lowest BCUT2D eigenvalue weighted by atomic mass is 10.0. The Kier molecular flexibility index (Phi) is 5.39. The van der Waals surface area contributed by atoms with Gasteiger partial charge in [-0.2, -0.15) is 0 Å². The summed E-state index contributed by atoms with van der Waals surface area (Å²) in [6, 6.07) is 7.99. The number of amides is 1. The average Bonchev–Trinajstić information content (AvgIpc) is 3.15. The van der Waals surface area contributed by atoms with E-state index in [1.54, 1.807) is 7.11 Å². The molecule has 23 heavy (non-hydrogen) atoms. The Morgan fingerprint density at radius 3 is 2.26 bits per heavy atom. The first-order valence-electron chi connectivity index (χ1n) is 8.55. The van der Waals surface area contributed by atoms with E-state index in [-0.39, 0.29) is 12.5 Å². The molecule has 0 atom stereocenters. The molecule has 0 saturated carbocycles. The van der Waals surface area contributed by atoms with Gasteiger partial charge in [-0.15, -0.1) is 0 Å². The summed E-state index contributed by atoms with van der Waals surface area (Å²) in [4.78, 5) is 16.8. The van der Waals surface area contributed by atoms with E-state index in [1.165, 1.54) is 25.9 Å². The summed E-state index contributed by atoms with van der Waals surface area (Å²) in [5, 5.41) is 0. The van der Waals surface area contributed by atoms with Crippen LogP contribution < -0.4 is 9.47 Å². The minimum absolute atomic E-state index is 0.0840. The zero-order valence-electron chi connectivity index (χ0n) is 13.9. The Hall–Kier alpha value is -1.75. The summed E-state index contributed by atoms with van der Waals surface area (Å²) in [7, 11) is 1.63. The maximum Gasteiger partial charge on any atom is 0.260 e. The smallest absolute Gasteiger partial charge is 0.260 e. The Labute approximate surface area is 138 Å².